The normalized spacial score (nSPS) is 10.0. The summed E-state index contributed by atoms with van der Waals surface area (Å²) >= 11 is 9.51. The zero-order valence-electron chi connectivity index (χ0n) is 14.6. The average Bonchev–Trinajstić information content (AvgIpc) is 3.07. The van der Waals surface area contributed by atoms with Crippen molar-refractivity contribution in [3.8, 4) is 17.2 Å². The second kappa shape index (κ2) is 15.3. The van der Waals surface area contributed by atoms with Gasteiger partial charge in [0, 0.05) is 26.9 Å². The van der Waals surface area contributed by atoms with Crippen molar-refractivity contribution in [3.05, 3.63) is 24.3 Å². The van der Waals surface area contributed by atoms with Crippen LogP contribution in [-0.4, -0.2) is 53.2 Å². The van der Waals surface area contributed by atoms with E-state index in [1.807, 2.05) is 24.3 Å². The number of benzene rings is 1. The number of ether oxygens (including phenoxy) is 1. The molecule has 0 amide bonds. The van der Waals surface area contributed by atoms with Crippen LogP contribution in [0.5, 0.6) is 5.75 Å². The molecule has 154 valence electrons. The molecule has 0 aliphatic rings. The summed E-state index contributed by atoms with van der Waals surface area (Å²) in [5.74, 6) is 1.83. The van der Waals surface area contributed by atoms with E-state index >= 15 is 0 Å². The van der Waals surface area contributed by atoms with Crippen molar-refractivity contribution in [3.63, 3.8) is 0 Å². The molecule has 0 spiro atoms. The van der Waals surface area contributed by atoms with E-state index in [0.29, 0.717) is 17.7 Å². The van der Waals surface area contributed by atoms with Crippen molar-refractivity contribution in [2.45, 2.75) is 11.3 Å². The predicted molar refractivity (Wildman–Crippen MR) is 95.7 cm³/mol. The smallest absolute Gasteiger partial charge is 0.793 e. The first-order chi connectivity index (χ1) is 11.5. The molecule has 7 nitrogen and oxygen atoms in total. The minimum absolute atomic E-state index is 0. The second-order valence-corrected chi connectivity index (χ2v) is 8.20. The molecule has 0 aliphatic carbocycles. The van der Waals surface area contributed by atoms with Gasteiger partial charge in [-0.3, -0.25) is 0 Å². The Labute approximate surface area is 197 Å². The molecule has 0 fully saturated rings. The van der Waals surface area contributed by atoms with Crippen molar-refractivity contribution in [1.82, 2.24) is 10.2 Å². The van der Waals surface area contributed by atoms with Crippen molar-refractivity contribution in [2.24, 2.45) is 0 Å². The molecule has 0 atom stereocenters. The molecule has 0 aliphatic heterocycles. The SMILES string of the molecule is CO[Si](CC[S-])(OC)OC.COc1ccc(-c2nnc([S-])o2)cc1.[Au+].[Au+]. The first kappa shape index (κ1) is 28.5. The van der Waals surface area contributed by atoms with E-state index in [1.165, 1.54) is 0 Å². The van der Waals surface area contributed by atoms with Crippen LogP contribution in [0.1, 0.15) is 0 Å². The molecule has 0 N–H and O–H groups in total. The number of rotatable bonds is 7. The summed E-state index contributed by atoms with van der Waals surface area (Å²) in [6.07, 6.45) is 0. The van der Waals surface area contributed by atoms with Gasteiger partial charge in [-0.15, -0.1) is 10.2 Å². The number of nitrogens with zero attached hydrogens (tertiary/aromatic N) is 2. The van der Waals surface area contributed by atoms with Crippen molar-refractivity contribution >= 4 is 34.1 Å². The molecule has 0 unspecified atom stereocenters. The monoisotopic (exact) mass is 782 g/mol. The van der Waals surface area contributed by atoms with Gasteiger partial charge in [-0.2, -0.15) is 5.75 Å². The average molecular weight is 782 g/mol. The Kier molecular flexibility index (Phi) is 16.7. The Bertz CT molecular complexity index is 595. The third-order valence-corrected chi connectivity index (χ3v) is 6.54. The summed E-state index contributed by atoms with van der Waals surface area (Å²) in [5, 5.41) is 7.53. The third kappa shape index (κ3) is 9.00. The summed E-state index contributed by atoms with van der Waals surface area (Å²) in [7, 11) is 4.06. The maximum Gasteiger partial charge on any atom is 1.00 e. The first-order valence-electron chi connectivity index (χ1n) is 6.92. The van der Waals surface area contributed by atoms with E-state index < -0.39 is 8.80 Å². The first-order valence-corrected chi connectivity index (χ1v) is 9.84. The van der Waals surface area contributed by atoms with Gasteiger partial charge in [-0.1, -0.05) is 0 Å². The number of aromatic nitrogens is 2. The van der Waals surface area contributed by atoms with Crippen LogP contribution in [0.4, 0.5) is 0 Å². The van der Waals surface area contributed by atoms with Gasteiger partial charge in [0.05, 0.1) is 12.3 Å². The van der Waals surface area contributed by atoms with Crippen molar-refractivity contribution in [2.75, 3.05) is 34.2 Å². The van der Waals surface area contributed by atoms with Gasteiger partial charge in [0.2, 0.25) is 5.89 Å². The molecule has 0 saturated carbocycles. The molecular formula is C14H20Au2N2O5S2Si. The van der Waals surface area contributed by atoms with Crippen LogP contribution in [0.15, 0.2) is 33.9 Å². The molecule has 2 rings (SSSR count). The van der Waals surface area contributed by atoms with Gasteiger partial charge in [0.1, 0.15) is 5.75 Å². The Morgan fingerprint density at radius 1 is 0.962 bits per heavy atom. The molecular weight excluding hydrogens is 762 g/mol. The predicted octanol–water partition coefficient (Wildman–Crippen LogP) is 2.06. The molecule has 26 heavy (non-hydrogen) atoms. The number of hydrogen-bond donors (Lipinski definition) is 0. The minimum atomic E-state index is -2.32. The van der Waals surface area contributed by atoms with Gasteiger partial charge >= 0.3 is 53.6 Å². The quantitative estimate of drug-likeness (QED) is 0.310. The topological polar surface area (TPSA) is 75.8 Å². The van der Waals surface area contributed by atoms with Crippen LogP contribution >= 0.6 is 0 Å². The van der Waals surface area contributed by atoms with Gasteiger partial charge in [-0.05, 0) is 30.3 Å². The zero-order valence-corrected chi connectivity index (χ0v) is 21.5. The number of hydrogen-bond acceptors (Lipinski definition) is 9. The maximum absolute atomic E-state index is 5.10. The van der Waals surface area contributed by atoms with Crippen LogP contribution in [0, 0.1) is 0 Å². The third-order valence-electron chi connectivity index (χ3n) is 3.08. The summed E-state index contributed by atoms with van der Waals surface area (Å²) in [6.45, 7) is 0. The van der Waals surface area contributed by atoms with Crippen LogP contribution < -0.4 is 4.74 Å². The van der Waals surface area contributed by atoms with E-state index in [2.05, 4.69) is 10.2 Å². The summed E-state index contributed by atoms with van der Waals surface area (Å²) in [5.41, 5.74) is 0.828. The van der Waals surface area contributed by atoms with E-state index in [9.17, 15) is 0 Å². The fraction of sp³-hybridized carbons (Fsp3) is 0.429. The Morgan fingerprint density at radius 2 is 1.50 bits per heavy atom. The molecule has 12 heteroatoms. The van der Waals surface area contributed by atoms with Crippen molar-refractivity contribution < 1.29 is 67.2 Å². The molecule has 0 radical (unpaired) electrons. The van der Waals surface area contributed by atoms with Gasteiger partial charge in [-0.25, -0.2) is 0 Å². The second-order valence-electron chi connectivity index (χ2n) is 4.35. The summed E-state index contributed by atoms with van der Waals surface area (Å²) in [4.78, 5) is 0. The van der Waals surface area contributed by atoms with Crippen LogP contribution in [0.25, 0.3) is 11.5 Å². The number of methoxy groups -OCH3 is 1. The molecule has 0 bridgehead atoms. The van der Waals surface area contributed by atoms with Gasteiger partial charge in [0.25, 0.3) is 0 Å². The van der Waals surface area contributed by atoms with Gasteiger partial charge in [0.15, 0.2) is 0 Å². The van der Waals surface area contributed by atoms with Crippen LogP contribution in [-0.2, 0) is 83.3 Å². The Morgan fingerprint density at radius 3 is 1.81 bits per heavy atom. The molecule has 0 saturated heterocycles. The van der Waals surface area contributed by atoms with Crippen LogP contribution in [0.3, 0.4) is 0 Å². The Balaban J connectivity index is 0. The fourth-order valence-corrected chi connectivity index (χ4v) is 3.97. The largest absolute Gasteiger partial charge is 1.00 e. The molecule has 1 aromatic heterocycles. The molecule has 1 heterocycles. The van der Waals surface area contributed by atoms with Crippen LogP contribution in [0.2, 0.25) is 6.04 Å². The zero-order chi connectivity index (χ0) is 18.0. The Hall–Kier alpha value is 0.307. The molecule has 1 aromatic carbocycles. The van der Waals surface area contributed by atoms with E-state index in [-0.39, 0.29) is 50.0 Å². The van der Waals surface area contributed by atoms with E-state index in [0.717, 1.165) is 11.3 Å². The molecule has 2 aromatic rings. The summed E-state index contributed by atoms with van der Waals surface area (Å²) in [6, 6.07) is 8.01. The van der Waals surface area contributed by atoms with E-state index in [4.69, 9.17) is 47.7 Å². The standard InChI is InChI=1S/C9H8N2O2S.C5H14O3SSi.2Au/c1-12-7-4-2-6(3-5-7)8-10-11-9(14)13-8;1-6-10(7-2,8-3)5-4-9;;/h2-5H,1H3,(H,11,14);9H,4-5H2,1-3H3;;/q;;2*+1/p-2. The minimum Gasteiger partial charge on any atom is -0.793 e. The fourth-order valence-electron chi connectivity index (χ4n) is 1.74. The maximum atomic E-state index is 5.10. The van der Waals surface area contributed by atoms with Crippen molar-refractivity contribution in [1.29, 1.82) is 0 Å². The summed E-state index contributed by atoms with van der Waals surface area (Å²) < 4.78 is 25.4. The van der Waals surface area contributed by atoms with Gasteiger partial charge < -0.3 is 47.7 Å². The van der Waals surface area contributed by atoms with E-state index in [1.54, 1.807) is 28.4 Å².